The van der Waals surface area contributed by atoms with Gasteiger partial charge in [0.05, 0.1) is 6.26 Å². The van der Waals surface area contributed by atoms with Crippen LogP contribution in [0.1, 0.15) is 0 Å². The van der Waals surface area contributed by atoms with Crippen LogP contribution < -0.4 is 0 Å². The van der Waals surface area contributed by atoms with Crippen molar-refractivity contribution in [1.82, 2.24) is 4.98 Å². The van der Waals surface area contributed by atoms with Crippen LogP contribution in [0.3, 0.4) is 0 Å². The molecule has 0 aliphatic heterocycles. The van der Waals surface area contributed by atoms with Gasteiger partial charge in [-0.2, -0.15) is 0 Å². The Morgan fingerprint density at radius 1 is 1.33 bits per heavy atom. The van der Waals surface area contributed by atoms with Crippen LogP contribution in [0.4, 0.5) is 0 Å². The maximum atomic E-state index is 5.78. The third kappa shape index (κ3) is 1.34. The molecule has 0 saturated heterocycles. The zero-order valence-corrected chi connectivity index (χ0v) is 6.95. The van der Waals surface area contributed by atoms with Crippen molar-refractivity contribution in [2.45, 2.75) is 0 Å². The molecule has 0 aromatic carbocycles. The molecule has 0 saturated carbocycles. The fourth-order valence-corrected chi connectivity index (χ4v) is 1.12. The van der Waals surface area contributed by atoms with Crippen LogP contribution in [-0.4, -0.2) is 4.98 Å². The fraction of sp³-hybridized carbons (Fsp3) is 0. The van der Waals surface area contributed by atoms with Crippen LogP contribution >= 0.6 is 11.6 Å². The second-order valence-electron chi connectivity index (χ2n) is 2.34. The third-order valence-corrected chi connectivity index (χ3v) is 1.73. The van der Waals surface area contributed by atoms with Crippen LogP contribution in [-0.2, 0) is 0 Å². The van der Waals surface area contributed by atoms with Gasteiger partial charge in [-0.25, -0.2) is 0 Å². The van der Waals surface area contributed by atoms with Crippen LogP contribution in [0.25, 0.3) is 11.5 Å². The van der Waals surface area contributed by atoms with Crippen molar-refractivity contribution in [2.75, 3.05) is 0 Å². The van der Waals surface area contributed by atoms with Crippen molar-refractivity contribution in [3.05, 3.63) is 41.7 Å². The van der Waals surface area contributed by atoms with Gasteiger partial charge in [-0.3, -0.25) is 4.98 Å². The van der Waals surface area contributed by atoms with Gasteiger partial charge in [0.1, 0.15) is 5.69 Å². The lowest BCUT2D eigenvalue weighted by molar-refractivity contribution is 0.580. The maximum absolute atomic E-state index is 5.78. The van der Waals surface area contributed by atoms with Gasteiger partial charge in [-0.05, 0) is 24.3 Å². The first kappa shape index (κ1) is 7.37. The minimum absolute atomic E-state index is 0.663. The Morgan fingerprint density at radius 2 is 2.25 bits per heavy atom. The molecule has 0 aliphatic rings. The predicted molar refractivity (Wildman–Crippen MR) is 46.9 cm³/mol. The quantitative estimate of drug-likeness (QED) is 0.673. The minimum atomic E-state index is 0.663. The zero-order valence-electron chi connectivity index (χ0n) is 6.20. The molecule has 12 heavy (non-hydrogen) atoms. The van der Waals surface area contributed by atoms with Crippen molar-refractivity contribution in [3.8, 4) is 11.5 Å². The number of hydrogen-bond acceptors (Lipinski definition) is 2. The maximum Gasteiger partial charge on any atom is 0.152 e. The lowest BCUT2D eigenvalue weighted by atomic mass is 10.3. The first-order valence-electron chi connectivity index (χ1n) is 3.52. The van der Waals surface area contributed by atoms with Gasteiger partial charge in [0.25, 0.3) is 0 Å². The highest BCUT2D eigenvalue weighted by atomic mass is 35.5. The number of hydrogen-bond donors (Lipinski definition) is 0. The monoisotopic (exact) mass is 179 g/mol. The average Bonchev–Trinajstić information content (AvgIpc) is 2.56. The summed E-state index contributed by atoms with van der Waals surface area (Å²) >= 11 is 5.78. The number of halogens is 1. The lowest BCUT2D eigenvalue weighted by Crippen LogP contribution is -1.78. The first-order valence-corrected chi connectivity index (χ1v) is 3.89. The minimum Gasteiger partial charge on any atom is -0.463 e. The molecule has 0 radical (unpaired) electrons. The van der Waals surface area contributed by atoms with Crippen molar-refractivity contribution in [1.29, 1.82) is 0 Å². The Hall–Kier alpha value is -1.28. The molecule has 0 atom stereocenters. The van der Waals surface area contributed by atoms with Gasteiger partial charge < -0.3 is 4.42 Å². The molecule has 0 aliphatic carbocycles. The summed E-state index contributed by atoms with van der Waals surface area (Å²) < 4.78 is 5.15. The van der Waals surface area contributed by atoms with Crippen molar-refractivity contribution in [3.63, 3.8) is 0 Å². The van der Waals surface area contributed by atoms with E-state index in [9.17, 15) is 0 Å². The van der Waals surface area contributed by atoms with Crippen LogP contribution in [0, 0.1) is 0 Å². The summed E-state index contributed by atoms with van der Waals surface area (Å²) in [6.07, 6.45) is 3.26. The van der Waals surface area contributed by atoms with Gasteiger partial charge >= 0.3 is 0 Å². The molecule has 0 amide bonds. The molecule has 0 unspecified atom stereocenters. The average molecular weight is 180 g/mol. The second-order valence-corrected chi connectivity index (χ2v) is 2.77. The number of nitrogens with zero attached hydrogens (tertiary/aromatic N) is 1. The van der Waals surface area contributed by atoms with Crippen molar-refractivity contribution < 1.29 is 4.42 Å². The first-order chi connectivity index (χ1) is 5.86. The van der Waals surface area contributed by atoms with Gasteiger partial charge in [-0.1, -0.05) is 11.6 Å². The van der Waals surface area contributed by atoms with Gasteiger partial charge in [0.2, 0.25) is 0 Å². The molecular weight excluding hydrogens is 174 g/mol. The van der Waals surface area contributed by atoms with Crippen LogP contribution in [0.15, 0.2) is 41.1 Å². The number of rotatable bonds is 1. The van der Waals surface area contributed by atoms with Crippen molar-refractivity contribution in [2.24, 2.45) is 0 Å². The molecule has 2 nitrogen and oxygen atoms in total. The van der Waals surface area contributed by atoms with Crippen LogP contribution in [0.5, 0.6) is 0 Å². The fourth-order valence-electron chi connectivity index (χ4n) is 0.964. The topological polar surface area (TPSA) is 26.0 Å². The summed E-state index contributed by atoms with van der Waals surface area (Å²) in [7, 11) is 0. The summed E-state index contributed by atoms with van der Waals surface area (Å²) in [6, 6.07) is 7.16. The standard InChI is InChI=1S/C9H6ClNO/c10-7-3-4-11-8(6-7)9-2-1-5-12-9/h1-6H. The highest BCUT2D eigenvalue weighted by Crippen LogP contribution is 2.19. The Bertz CT molecular complexity index is 370. The third-order valence-electron chi connectivity index (χ3n) is 1.50. The summed E-state index contributed by atoms with van der Waals surface area (Å²) in [6.45, 7) is 0. The number of pyridine rings is 1. The Balaban J connectivity index is 2.48. The lowest BCUT2D eigenvalue weighted by Gasteiger charge is -1.94. The van der Waals surface area contributed by atoms with Crippen LogP contribution in [0.2, 0.25) is 5.02 Å². The van der Waals surface area contributed by atoms with Gasteiger partial charge in [-0.15, -0.1) is 0 Å². The summed E-state index contributed by atoms with van der Waals surface area (Å²) in [5, 5.41) is 0.663. The number of aromatic nitrogens is 1. The molecule has 2 heterocycles. The summed E-state index contributed by atoms with van der Waals surface area (Å²) in [5.74, 6) is 0.734. The van der Waals surface area contributed by atoms with E-state index in [1.807, 2.05) is 12.1 Å². The Labute approximate surface area is 74.8 Å². The van der Waals surface area contributed by atoms with Crippen molar-refractivity contribution >= 4 is 11.6 Å². The molecule has 2 aromatic heterocycles. The highest BCUT2D eigenvalue weighted by molar-refractivity contribution is 6.30. The molecule has 0 fully saturated rings. The molecule has 3 heteroatoms. The van der Waals surface area contributed by atoms with E-state index in [2.05, 4.69) is 4.98 Å². The zero-order chi connectivity index (χ0) is 8.39. The molecule has 60 valence electrons. The molecular formula is C9H6ClNO. The van der Waals surface area contributed by atoms with E-state index in [1.54, 1.807) is 24.6 Å². The normalized spacial score (nSPS) is 10.1. The van der Waals surface area contributed by atoms with E-state index in [0.717, 1.165) is 11.5 Å². The second kappa shape index (κ2) is 2.99. The van der Waals surface area contributed by atoms with E-state index in [1.165, 1.54) is 0 Å². The highest BCUT2D eigenvalue weighted by Gasteiger charge is 2.00. The van der Waals surface area contributed by atoms with E-state index in [4.69, 9.17) is 16.0 Å². The van der Waals surface area contributed by atoms with Gasteiger partial charge in [0, 0.05) is 11.2 Å². The number of furan rings is 1. The largest absolute Gasteiger partial charge is 0.463 e. The Kier molecular flexibility index (Phi) is 1.84. The SMILES string of the molecule is Clc1ccnc(-c2ccco2)c1. The predicted octanol–water partition coefficient (Wildman–Crippen LogP) is 3.00. The molecule has 0 N–H and O–H groups in total. The Morgan fingerprint density at radius 3 is 2.92 bits per heavy atom. The van der Waals surface area contributed by atoms with E-state index < -0.39 is 0 Å². The van der Waals surface area contributed by atoms with Gasteiger partial charge in [0.15, 0.2) is 5.76 Å². The van der Waals surface area contributed by atoms with E-state index in [-0.39, 0.29) is 0 Å². The molecule has 0 bridgehead atoms. The summed E-state index contributed by atoms with van der Waals surface area (Å²) in [4.78, 5) is 4.10. The molecule has 0 spiro atoms. The molecule has 2 aromatic rings. The van der Waals surface area contributed by atoms with E-state index in [0.29, 0.717) is 5.02 Å². The smallest absolute Gasteiger partial charge is 0.152 e. The molecule has 2 rings (SSSR count). The van der Waals surface area contributed by atoms with E-state index >= 15 is 0 Å². The summed E-state index contributed by atoms with van der Waals surface area (Å²) in [5.41, 5.74) is 0.757.